The Kier molecular flexibility index (Phi) is 3.85. The molecular formula is C21H21ClFN7. The van der Waals surface area contributed by atoms with E-state index in [1.54, 1.807) is 10.9 Å². The molecule has 2 fully saturated rings. The largest absolute Gasteiger partial charge is 0.346 e. The molecule has 7 nitrogen and oxygen atoms in total. The highest BCUT2D eigenvalue weighted by atomic mass is 35.5. The maximum atomic E-state index is 14.7. The van der Waals surface area contributed by atoms with Gasteiger partial charge in [-0.05, 0) is 25.3 Å². The number of aryl methyl sites for hydroxylation is 1. The van der Waals surface area contributed by atoms with E-state index in [4.69, 9.17) is 27.3 Å². The first-order valence-corrected chi connectivity index (χ1v) is 10.5. The summed E-state index contributed by atoms with van der Waals surface area (Å²) in [5.74, 6) is 0.701. The van der Waals surface area contributed by atoms with Crippen LogP contribution in [0.3, 0.4) is 0 Å². The zero-order chi connectivity index (χ0) is 20.6. The Hall–Kier alpha value is -2.71. The fourth-order valence-corrected chi connectivity index (χ4v) is 5.46. The van der Waals surface area contributed by atoms with Crippen LogP contribution in [-0.4, -0.2) is 49.0 Å². The summed E-state index contributed by atoms with van der Waals surface area (Å²) >= 11 is 6.70. The van der Waals surface area contributed by atoms with Gasteiger partial charge in [-0.2, -0.15) is 5.10 Å². The van der Waals surface area contributed by atoms with Gasteiger partial charge in [-0.15, -0.1) is 0 Å². The Balaban J connectivity index is 1.42. The lowest BCUT2D eigenvalue weighted by atomic mass is 9.96. The van der Waals surface area contributed by atoms with Crippen LogP contribution >= 0.6 is 11.6 Å². The zero-order valence-corrected chi connectivity index (χ0v) is 17.1. The van der Waals surface area contributed by atoms with Crippen LogP contribution in [0.25, 0.3) is 33.2 Å². The minimum atomic E-state index is -1.04. The van der Waals surface area contributed by atoms with E-state index in [1.807, 2.05) is 31.6 Å². The molecule has 3 N–H and O–H groups in total. The van der Waals surface area contributed by atoms with Gasteiger partial charge in [-0.25, -0.2) is 14.4 Å². The summed E-state index contributed by atoms with van der Waals surface area (Å²) in [5.41, 5.74) is 9.99. The number of hydrogen-bond donors (Lipinski definition) is 2. The number of hydrogen-bond acceptors (Lipinski definition) is 5. The SMILES string of the molecule is Cn1cc2c(Cl)c(-c3c[nH]c4nc(N5[C@@H]6CC[C@H]5[C@H](F)[C@H](N)C6)cnc34)ccc2n1. The fourth-order valence-electron chi connectivity index (χ4n) is 5.15. The Morgan fingerprint density at radius 2 is 2.13 bits per heavy atom. The highest BCUT2D eigenvalue weighted by Gasteiger charge is 2.47. The molecular weight excluding hydrogens is 405 g/mol. The van der Waals surface area contributed by atoms with E-state index in [1.165, 1.54) is 0 Å². The van der Waals surface area contributed by atoms with Gasteiger partial charge in [-0.1, -0.05) is 17.7 Å². The lowest BCUT2D eigenvalue weighted by Crippen LogP contribution is -2.55. The average molecular weight is 426 g/mol. The van der Waals surface area contributed by atoms with Crippen LogP contribution < -0.4 is 10.6 Å². The fraction of sp³-hybridized carbons (Fsp3) is 0.381. The molecule has 2 bridgehead atoms. The van der Waals surface area contributed by atoms with Gasteiger partial charge in [-0.3, -0.25) is 4.68 Å². The summed E-state index contributed by atoms with van der Waals surface area (Å²) in [6, 6.07) is 3.52. The molecule has 6 rings (SSSR count). The molecule has 154 valence electrons. The molecule has 3 aromatic heterocycles. The number of H-pyrrole nitrogens is 1. The summed E-state index contributed by atoms with van der Waals surface area (Å²) in [6.45, 7) is 0. The van der Waals surface area contributed by atoms with E-state index in [9.17, 15) is 4.39 Å². The number of aromatic nitrogens is 5. The zero-order valence-electron chi connectivity index (χ0n) is 16.4. The summed E-state index contributed by atoms with van der Waals surface area (Å²) in [7, 11) is 1.87. The summed E-state index contributed by atoms with van der Waals surface area (Å²) < 4.78 is 16.4. The number of alkyl halides is 1. The van der Waals surface area contributed by atoms with E-state index in [2.05, 4.69) is 15.0 Å². The lowest BCUT2D eigenvalue weighted by molar-refractivity contribution is 0.203. The summed E-state index contributed by atoms with van der Waals surface area (Å²) in [5, 5.41) is 5.93. The highest BCUT2D eigenvalue weighted by Crippen LogP contribution is 2.41. The third-order valence-corrected chi connectivity index (χ3v) is 6.94. The molecule has 2 aliphatic heterocycles. The Morgan fingerprint density at radius 3 is 3.00 bits per heavy atom. The van der Waals surface area contributed by atoms with E-state index in [0.717, 1.165) is 40.4 Å². The smallest absolute Gasteiger partial charge is 0.159 e. The van der Waals surface area contributed by atoms with E-state index in [-0.39, 0.29) is 12.1 Å². The van der Waals surface area contributed by atoms with Crippen LogP contribution in [-0.2, 0) is 7.05 Å². The van der Waals surface area contributed by atoms with Crippen molar-refractivity contribution in [1.82, 2.24) is 24.7 Å². The van der Waals surface area contributed by atoms with E-state index < -0.39 is 12.2 Å². The number of rotatable bonds is 2. The minimum Gasteiger partial charge on any atom is -0.346 e. The van der Waals surface area contributed by atoms with Crippen LogP contribution in [0, 0.1) is 0 Å². The highest BCUT2D eigenvalue weighted by molar-refractivity contribution is 6.38. The number of fused-ring (bicyclic) bond motifs is 4. The van der Waals surface area contributed by atoms with Gasteiger partial charge < -0.3 is 15.6 Å². The molecule has 0 radical (unpaired) electrons. The second-order valence-electron chi connectivity index (χ2n) is 8.34. The van der Waals surface area contributed by atoms with Crippen LogP contribution in [0.2, 0.25) is 5.02 Å². The first-order valence-electron chi connectivity index (χ1n) is 10.2. The Bertz CT molecular complexity index is 1280. The maximum absolute atomic E-state index is 14.7. The molecule has 4 aromatic rings. The van der Waals surface area contributed by atoms with Crippen molar-refractivity contribution < 1.29 is 4.39 Å². The molecule has 4 atom stereocenters. The molecule has 0 unspecified atom stereocenters. The van der Waals surface area contributed by atoms with Crippen LogP contribution in [0.15, 0.2) is 30.7 Å². The van der Waals surface area contributed by atoms with Crippen molar-refractivity contribution in [2.24, 2.45) is 12.8 Å². The number of nitrogens with zero attached hydrogens (tertiary/aromatic N) is 5. The van der Waals surface area contributed by atoms with Gasteiger partial charge in [0.15, 0.2) is 5.65 Å². The molecule has 30 heavy (non-hydrogen) atoms. The van der Waals surface area contributed by atoms with Gasteiger partial charge in [0, 0.05) is 48.0 Å². The molecule has 0 amide bonds. The molecule has 2 aliphatic rings. The number of anilines is 1. The van der Waals surface area contributed by atoms with Crippen LogP contribution in [0.1, 0.15) is 19.3 Å². The van der Waals surface area contributed by atoms with Gasteiger partial charge in [0.2, 0.25) is 0 Å². The first kappa shape index (κ1) is 18.1. The quantitative estimate of drug-likeness (QED) is 0.512. The standard InChI is InChI=1S/C21H21ClFN7/c1-29-9-13-15(28-29)4-3-11(18(13)22)12-7-26-21-20(12)25-8-17(27-21)30-10-2-5-16(30)19(23)14(24)6-10/h3-4,7-10,14,16,19H,2,5-6,24H2,1H3,(H,26,27)/t10-,14-,16+,19-/m1/s1. The molecule has 9 heteroatoms. The molecule has 0 spiro atoms. The number of benzene rings is 1. The van der Waals surface area contributed by atoms with Gasteiger partial charge in [0.05, 0.1) is 22.8 Å². The summed E-state index contributed by atoms with van der Waals surface area (Å²) in [6.07, 6.45) is 6.87. The topological polar surface area (TPSA) is 88.7 Å². The van der Waals surface area contributed by atoms with Crippen molar-refractivity contribution in [1.29, 1.82) is 0 Å². The van der Waals surface area contributed by atoms with Crippen LogP contribution in [0.4, 0.5) is 10.2 Å². The van der Waals surface area contributed by atoms with Gasteiger partial charge >= 0.3 is 0 Å². The van der Waals surface area contributed by atoms with Crippen molar-refractivity contribution in [3.63, 3.8) is 0 Å². The van der Waals surface area contributed by atoms with Crippen molar-refractivity contribution in [2.45, 2.75) is 43.6 Å². The lowest BCUT2D eigenvalue weighted by Gasteiger charge is -2.40. The summed E-state index contributed by atoms with van der Waals surface area (Å²) in [4.78, 5) is 14.8. The number of nitrogens with one attached hydrogen (secondary N) is 1. The third kappa shape index (κ3) is 2.50. The van der Waals surface area contributed by atoms with E-state index >= 15 is 0 Å². The molecule has 1 aromatic carbocycles. The van der Waals surface area contributed by atoms with Gasteiger partial charge in [0.1, 0.15) is 17.5 Å². The Labute approximate surface area is 177 Å². The number of piperidine rings is 1. The van der Waals surface area contributed by atoms with Crippen molar-refractivity contribution in [2.75, 3.05) is 4.90 Å². The van der Waals surface area contributed by atoms with Crippen molar-refractivity contribution >= 4 is 39.5 Å². The normalized spacial score (nSPS) is 26.2. The van der Waals surface area contributed by atoms with Crippen molar-refractivity contribution in [3.8, 4) is 11.1 Å². The molecule has 5 heterocycles. The predicted molar refractivity (Wildman–Crippen MR) is 115 cm³/mol. The Morgan fingerprint density at radius 1 is 1.27 bits per heavy atom. The number of halogens is 2. The molecule has 2 saturated heterocycles. The first-order chi connectivity index (χ1) is 14.5. The molecule has 0 saturated carbocycles. The van der Waals surface area contributed by atoms with E-state index in [0.29, 0.717) is 22.9 Å². The van der Waals surface area contributed by atoms with Crippen molar-refractivity contribution in [3.05, 3.63) is 35.7 Å². The third-order valence-electron chi connectivity index (χ3n) is 6.53. The maximum Gasteiger partial charge on any atom is 0.159 e. The van der Waals surface area contributed by atoms with Gasteiger partial charge in [0.25, 0.3) is 0 Å². The minimum absolute atomic E-state index is 0.220. The molecule has 0 aliphatic carbocycles. The van der Waals surface area contributed by atoms with Crippen LogP contribution in [0.5, 0.6) is 0 Å². The second-order valence-corrected chi connectivity index (χ2v) is 8.72. The predicted octanol–water partition coefficient (Wildman–Crippen LogP) is 3.57. The number of nitrogens with two attached hydrogens (primary N) is 1. The number of aromatic amines is 1. The second kappa shape index (κ2) is 6.39. The average Bonchev–Trinajstić information content (AvgIpc) is 3.41. The monoisotopic (exact) mass is 425 g/mol.